The van der Waals surface area contributed by atoms with E-state index < -0.39 is 15.6 Å². The Morgan fingerprint density at radius 3 is 2.41 bits per heavy atom. The molecule has 0 bridgehead atoms. The fraction of sp³-hybridized carbons (Fsp3) is 0.333. The van der Waals surface area contributed by atoms with E-state index in [1.165, 1.54) is 6.07 Å². The molecule has 2 N–H and O–H groups in total. The Bertz CT molecular complexity index is 1140. The lowest BCUT2D eigenvalue weighted by molar-refractivity contribution is -0.116. The summed E-state index contributed by atoms with van der Waals surface area (Å²) in [6.07, 6.45) is 0.683. The van der Waals surface area contributed by atoms with Crippen LogP contribution >= 0.6 is 0 Å². The topological polar surface area (TPSA) is 93.1 Å². The second-order valence-corrected chi connectivity index (χ2v) is 9.51. The first kappa shape index (κ1) is 21.0. The zero-order chi connectivity index (χ0) is 21.2. The Kier molecular flexibility index (Phi) is 5.77. The third-order valence-corrected chi connectivity index (χ3v) is 6.06. The molecule has 1 heterocycles. The monoisotopic (exact) mass is 414 g/mol. The van der Waals surface area contributed by atoms with Crippen LogP contribution in [0.3, 0.4) is 0 Å². The van der Waals surface area contributed by atoms with Crippen molar-refractivity contribution in [3.63, 3.8) is 0 Å². The second kappa shape index (κ2) is 7.96. The van der Waals surface area contributed by atoms with Crippen LogP contribution < -0.4 is 10.0 Å². The number of sulfonamides is 1. The van der Waals surface area contributed by atoms with E-state index in [1.807, 2.05) is 35.8 Å². The van der Waals surface area contributed by atoms with Gasteiger partial charge in [-0.25, -0.2) is 18.1 Å². The molecule has 3 rings (SSSR count). The van der Waals surface area contributed by atoms with Crippen molar-refractivity contribution in [2.24, 2.45) is 0 Å². The summed E-state index contributed by atoms with van der Waals surface area (Å²) in [5, 5.41) is 2.75. The summed E-state index contributed by atoms with van der Waals surface area (Å²) in [5.41, 5.74) is 1.31. The van der Waals surface area contributed by atoms with Crippen molar-refractivity contribution in [2.45, 2.75) is 51.1 Å². The number of anilines is 1. The Hall–Kier alpha value is -2.71. The van der Waals surface area contributed by atoms with E-state index in [0.717, 1.165) is 16.9 Å². The fourth-order valence-electron chi connectivity index (χ4n) is 3.17. The number of benzene rings is 2. The number of carbonyl (C=O) groups excluding carboxylic acids is 1. The minimum atomic E-state index is -3.79. The highest BCUT2D eigenvalue weighted by Crippen LogP contribution is 2.23. The molecule has 0 fully saturated rings. The third-order valence-electron chi connectivity index (χ3n) is 4.24. The first-order valence-corrected chi connectivity index (χ1v) is 11.0. The molecule has 0 aliphatic carbocycles. The first-order chi connectivity index (χ1) is 13.6. The Labute approximate surface area is 171 Å². The maximum atomic E-state index is 12.8. The summed E-state index contributed by atoms with van der Waals surface area (Å²) >= 11 is 0. The van der Waals surface area contributed by atoms with Crippen LogP contribution in [-0.4, -0.2) is 29.4 Å². The molecule has 0 saturated carbocycles. The standard InChI is InChI=1S/C21H26N4O3S/c1-5-19-22-15-10-6-8-12-17(15)25(19)14-20(26)23-16-11-7-9-13-18(16)29(27,28)24-21(2,3)4/h6-13,24H,5,14H2,1-4H3,(H,23,26). The maximum Gasteiger partial charge on any atom is 0.244 e. The van der Waals surface area contributed by atoms with Crippen LogP contribution in [0, 0.1) is 0 Å². The zero-order valence-corrected chi connectivity index (χ0v) is 17.9. The van der Waals surface area contributed by atoms with Gasteiger partial charge in [-0.1, -0.05) is 31.2 Å². The molecule has 0 aliphatic rings. The highest BCUT2D eigenvalue weighted by Gasteiger charge is 2.25. The fourth-order valence-corrected chi connectivity index (χ4v) is 4.75. The quantitative estimate of drug-likeness (QED) is 0.647. The van der Waals surface area contributed by atoms with Crippen molar-refractivity contribution >= 4 is 32.7 Å². The average Bonchev–Trinajstić information content (AvgIpc) is 2.98. The van der Waals surface area contributed by atoms with Crippen LogP contribution in [0.5, 0.6) is 0 Å². The molecule has 0 aliphatic heterocycles. The predicted octanol–water partition coefficient (Wildman–Crippen LogP) is 3.31. The Morgan fingerprint density at radius 1 is 1.07 bits per heavy atom. The molecule has 29 heavy (non-hydrogen) atoms. The molecule has 0 radical (unpaired) electrons. The average molecular weight is 415 g/mol. The largest absolute Gasteiger partial charge is 0.323 e. The molecule has 3 aromatic rings. The summed E-state index contributed by atoms with van der Waals surface area (Å²) in [6.45, 7) is 7.33. The molecular formula is C21H26N4O3S. The molecule has 154 valence electrons. The number of hydrogen-bond acceptors (Lipinski definition) is 4. The van der Waals surface area contributed by atoms with E-state index in [4.69, 9.17) is 0 Å². The number of rotatable bonds is 6. The van der Waals surface area contributed by atoms with Crippen LogP contribution in [0.25, 0.3) is 11.0 Å². The van der Waals surface area contributed by atoms with Crippen LogP contribution in [-0.2, 0) is 27.8 Å². The van der Waals surface area contributed by atoms with Gasteiger partial charge in [0.1, 0.15) is 17.3 Å². The number of hydrogen-bond donors (Lipinski definition) is 2. The van der Waals surface area contributed by atoms with E-state index in [-0.39, 0.29) is 23.0 Å². The number of nitrogens with one attached hydrogen (secondary N) is 2. The van der Waals surface area contributed by atoms with E-state index in [9.17, 15) is 13.2 Å². The van der Waals surface area contributed by atoms with Crippen LogP contribution in [0.15, 0.2) is 53.4 Å². The van der Waals surface area contributed by atoms with Gasteiger partial charge in [0.2, 0.25) is 15.9 Å². The molecular weight excluding hydrogens is 388 g/mol. The van der Waals surface area contributed by atoms with Gasteiger partial charge in [0.05, 0.1) is 16.7 Å². The highest BCUT2D eigenvalue weighted by atomic mass is 32.2. The van der Waals surface area contributed by atoms with E-state index in [2.05, 4.69) is 15.0 Å². The molecule has 1 amide bonds. The number of carbonyl (C=O) groups is 1. The van der Waals surface area contributed by atoms with Gasteiger partial charge in [-0.3, -0.25) is 4.79 Å². The molecule has 8 heteroatoms. The summed E-state index contributed by atoms with van der Waals surface area (Å²) in [4.78, 5) is 17.4. The summed E-state index contributed by atoms with van der Waals surface area (Å²) in [5.74, 6) is 0.484. The van der Waals surface area contributed by atoms with Crippen molar-refractivity contribution in [3.8, 4) is 0 Å². The number of imidazole rings is 1. The lowest BCUT2D eigenvalue weighted by Gasteiger charge is -2.21. The minimum Gasteiger partial charge on any atom is -0.323 e. The van der Waals surface area contributed by atoms with Crippen LogP contribution in [0.4, 0.5) is 5.69 Å². The lowest BCUT2D eigenvalue weighted by Crippen LogP contribution is -2.40. The predicted molar refractivity (Wildman–Crippen MR) is 114 cm³/mol. The molecule has 0 atom stereocenters. The molecule has 2 aromatic carbocycles. The van der Waals surface area contributed by atoms with Gasteiger partial charge < -0.3 is 9.88 Å². The number of para-hydroxylation sites is 3. The Balaban J connectivity index is 1.88. The SMILES string of the molecule is CCc1nc2ccccc2n1CC(=O)Nc1ccccc1S(=O)(=O)NC(C)(C)C. The van der Waals surface area contributed by atoms with Crippen molar-refractivity contribution in [1.82, 2.24) is 14.3 Å². The smallest absolute Gasteiger partial charge is 0.244 e. The van der Waals surface area contributed by atoms with Gasteiger partial charge in [0.25, 0.3) is 0 Å². The van der Waals surface area contributed by atoms with E-state index in [0.29, 0.717) is 6.42 Å². The zero-order valence-electron chi connectivity index (χ0n) is 17.1. The van der Waals surface area contributed by atoms with Crippen molar-refractivity contribution in [2.75, 3.05) is 5.32 Å². The van der Waals surface area contributed by atoms with Gasteiger partial charge in [-0.15, -0.1) is 0 Å². The van der Waals surface area contributed by atoms with Gasteiger partial charge in [0.15, 0.2) is 0 Å². The first-order valence-electron chi connectivity index (χ1n) is 9.48. The summed E-state index contributed by atoms with van der Waals surface area (Å²) in [7, 11) is -3.79. The maximum absolute atomic E-state index is 12.8. The number of aromatic nitrogens is 2. The van der Waals surface area contributed by atoms with Crippen molar-refractivity contribution in [3.05, 3.63) is 54.4 Å². The highest BCUT2D eigenvalue weighted by molar-refractivity contribution is 7.89. The molecule has 0 spiro atoms. The van der Waals surface area contributed by atoms with Crippen molar-refractivity contribution < 1.29 is 13.2 Å². The van der Waals surface area contributed by atoms with E-state index in [1.54, 1.807) is 39.0 Å². The number of fused-ring (bicyclic) bond motifs is 1. The second-order valence-electron chi connectivity index (χ2n) is 7.86. The van der Waals surface area contributed by atoms with Gasteiger partial charge in [-0.2, -0.15) is 0 Å². The molecule has 7 nitrogen and oxygen atoms in total. The number of nitrogens with zero attached hydrogens (tertiary/aromatic N) is 2. The lowest BCUT2D eigenvalue weighted by atomic mass is 10.1. The molecule has 1 aromatic heterocycles. The normalized spacial score (nSPS) is 12.3. The van der Waals surface area contributed by atoms with Gasteiger partial charge in [0, 0.05) is 12.0 Å². The summed E-state index contributed by atoms with van der Waals surface area (Å²) in [6, 6.07) is 14.0. The molecule has 0 saturated heterocycles. The third kappa shape index (κ3) is 4.83. The van der Waals surface area contributed by atoms with Crippen LogP contribution in [0.2, 0.25) is 0 Å². The number of aryl methyl sites for hydroxylation is 1. The summed E-state index contributed by atoms with van der Waals surface area (Å²) < 4.78 is 30.0. The van der Waals surface area contributed by atoms with Crippen molar-refractivity contribution in [1.29, 1.82) is 0 Å². The minimum absolute atomic E-state index is 0.0366. The van der Waals surface area contributed by atoms with Gasteiger partial charge >= 0.3 is 0 Å². The van der Waals surface area contributed by atoms with E-state index >= 15 is 0 Å². The Morgan fingerprint density at radius 2 is 1.72 bits per heavy atom. The molecule has 0 unspecified atom stereocenters. The van der Waals surface area contributed by atoms with Crippen LogP contribution in [0.1, 0.15) is 33.5 Å². The number of amides is 1. The van der Waals surface area contributed by atoms with Gasteiger partial charge in [-0.05, 0) is 45.0 Å².